The van der Waals surface area contributed by atoms with Gasteiger partial charge in [-0.15, -0.1) is 11.3 Å². The van der Waals surface area contributed by atoms with Crippen molar-refractivity contribution < 1.29 is 14.0 Å². The average Bonchev–Trinajstić information content (AvgIpc) is 2.99. The van der Waals surface area contributed by atoms with Gasteiger partial charge in [0.15, 0.2) is 0 Å². The first-order valence-electron chi connectivity index (χ1n) is 7.20. The molecule has 4 N–H and O–H groups in total. The standard InChI is InChI=1S/C17H13FN4O2S/c18-11-3-1-2-10(8-11)14-9-13(22-17(19)24)15(25-14)16(23)21-12-4-6-20-7-5-12/h1-9H,(H3,19,22,24)(H,20,21,23). The zero-order valence-electron chi connectivity index (χ0n) is 12.8. The average molecular weight is 356 g/mol. The molecule has 2 heterocycles. The van der Waals surface area contributed by atoms with Crippen LogP contribution in [0.4, 0.5) is 20.6 Å². The second-order valence-electron chi connectivity index (χ2n) is 5.04. The summed E-state index contributed by atoms with van der Waals surface area (Å²) in [5, 5.41) is 5.14. The highest BCUT2D eigenvalue weighted by Gasteiger charge is 2.18. The monoisotopic (exact) mass is 356 g/mol. The van der Waals surface area contributed by atoms with E-state index in [1.165, 1.54) is 12.1 Å². The number of nitrogens with two attached hydrogens (primary N) is 1. The van der Waals surface area contributed by atoms with Crippen LogP contribution in [0, 0.1) is 5.82 Å². The molecule has 3 amide bonds. The normalized spacial score (nSPS) is 10.3. The van der Waals surface area contributed by atoms with Crippen LogP contribution in [0.5, 0.6) is 0 Å². The summed E-state index contributed by atoms with van der Waals surface area (Å²) in [7, 11) is 0. The lowest BCUT2D eigenvalue weighted by molar-refractivity contribution is 0.103. The highest BCUT2D eigenvalue weighted by atomic mass is 32.1. The van der Waals surface area contributed by atoms with Crippen LogP contribution >= 0.6 is 11.3 Å². The zero-order valence-corrected chi connectivity index (χ0v) is 13.6. The van der Waals surface area contributed by atoms with Crippen molar-refractivity contribution in [2.24, 2.45) is 5.73 Å². The van der Waals surface area contributed by atoms with Crippen LogP contribution in [-0.4, -0.2) is 16.9 Å². The van der Waals surface area contributed by atoms with E-state index in [1.54, 1.807) is 42.7 Å². The second-order valence-corrected chi connectivity index (χ2v) is 6.10. The zero-order chi connectivity index (χ0) is 17.8. The third-order valence-electron chi connectivity index (χ3n) is 3.24. The number of nitrogens with one attached hydrogen (secondary N) is 2. The van der Waals surface area contributed by atoms with Crippen molar-refractivity contribution in [3.05, 3.63) is 65.6 Å². The fourth-order valence-corrected chi connectivity index (χ4v) is 3.20. The molecule has 6 nitrogen and oxygen atoms in total. The molecule has 0 aliphatic carbocycles. The van der Waals surface area contributed by atoms with E-state index < -0.39 is 17.8 Å². The second kappa shape index (κ2) is 7.10. The fraction of sp³-hybridized carbons (Fsp3) is 0. The summed E-state index contributed by atoms with van der Waals surface area (Å²) < 4.78 is 13.4. The van der Waals surface area contributed by atoms with Gasteiger partial charge < -0.3 is 16.4 Å². The molecule has 1 aromatic carbocycles. The molecular weight excluding hydrogens is 343 g/mol. The third kappa shape index (κ3) is 3.99. The van der Waals surface area contributed by atoms with Gasteiger partial charge >= 0.3 is 6.03 Å². The van der Waals surface area contributed by atoms with Crippen molar-refractivity contribution >= 4 is 34.6 Å². The van der Waals surface area contributed by atoms with E-state index in [4.69, 9.17) is 5.73 Å². The summed E-state index contributed by atoms with van der Waals surface area (Å²) >= 11 is 1.13. The number of hydrogen-bond acceptors (Lipinski definition) is 4. The van der Waals surface area contributed by atoms with E-state index in [9.17, 15) is 14.0 Å². The van der Waals surface area contributed by atoms with Crippen LogP contribution in [0.1, 0.15) is 9.67 Å². The Bertz CT molecular complexity index is 927. The highest BCUT2D eigenvalue weighted by Crippen LogP contribution is 2.35. The maximum atomic E-state index is 13.4. The minimum absolute atomic E-state index is 0.259. The van der Waals surface area contributed by atoms with Gasteiger partial charge in [-0.25, -0.2) is 9.18 Å². The number of halogens is 1. The van der Waals surface area contributed by atoms with E-state index >= 15 is 0 Å². The lowest BCUT2D eigenvalue weighted by Crippen LogP contribution is -2.21. The molecular formula is C17H13FN4O2S. The van der Waals surface area contributed by atoms with Crippen molar-refractivity contribution in [2.45, 2.75) is 0 Å². The number of carbonyl (C=O) groups excluding carboxylic acids is 2. The SMILES string of the molecule is NC(=O)Nc1cc(-c2cccc(F)c2)sc1C(=O)Nc1ccncc1. The van der Waals surface area contributed by atoms with E-state index in [1.807, 2.05) is 0 Å². The Balaban J connectivity index is 1.96. The van der Waals surface area contributed by atoms with Crippen molar-refractivity contribution in [1.29, 1.82) is 0 Å². The summed E-state index contributed by atoms with van der Waals surface area (Å²) in [5.74, 6) is -0.805. The minimum Gasteiger partial charge on any atom is -0.351 e. The van der Waals surface area contributed by atoms with Gasteiger partial charge in [0.1, 0.15) is 10.7 Å². The smallest absolute Gasteiger partial charge is 0.316 e. The molecule has 0 atom stereocenters. The molecule has 0 saturated carbocycles. The van der Waals surface area contributed by atoms with Crippen LogP contribution in [0.25, 0.3) is 10.4 Å². The number of benzene rings is 1. The Morgan fingerprint density at radius 1 is 1.08 bits per heavy atom. The van der Waals surface area contributed by atoms with Gasteiger partial charge in [-0.2, -0.15) is 0 Å². The molecule has 0 unspecified atom stereocenters. The first-order valence-corrected chi connectivity index (χ1v) is 8.02. The summed E-state index contributed by atoms with van der Waals surface area (Å²) in [5.41, 5.74) is 6.60. The van der Waals surface area contributed by atoms with Crippen molar-refractivity contribution in [1.82, 2.24) is 4.98 Å². The molecule has 3 rings (SSSR count). The summed E-state index contributed by atoms with van der Waals surface area (Å²) in [4.78, 5) is 28.5. The van der Waals surface area contributed by atoms with E-state index in [-0.39, 0.29) is 10.6 Å². The van der Waals surface area contributed by atoms with Crippen LogP contribution < -0.4 is 16.4 Å². The molecule has 0 fully saturated rings. The Kier molecular flexibility index (Phi) is 4.71. The van der Waals surface area contributed by atoms with E-state index in [0.717, 1.165) is 11.3 Å². The predicted octanol–water partition coefficient (Wildman–Crippen LogP) is 3.69. The van der Waals surface area contributed by atoms with Gasteiger partial charge in [-0.1, -0.05) is 12.1 Å². The molecule has 25 heavy (non-hydrogen) atoms. The molecule has 3 aromatic rings. The van der Waals surface area contributed by atoms with Gasteiger partial charge in [0, 0.05) is 23.0 Å². The van der Waals surface area contributed by atoms with Crippen LogP contribution in [0.2, 0.25) is 0 Å². The highest BCUT2D eigenvalue weighted by molar-refractivity contribution is 7.18. The Hall–Kier alpha value is -3.26. The number of nitrogens with zero attached hydrogens (tertiary/aromatic N) is 1. The van der Waals surface area contributed by atoms with Gasteiger partial charge in [-0.3, -0.25) is 9.78 Å². The largest absolute Gasteiger partial charge is 0.351 e. The number of thiophene rings is 1. The maximum Gasteiger partial charge on any atom is 0.316 e. The van der Waals surface area contributed by atoms with Crippen molar-refractivity contribution in [3.8, 4) is 10.4 Å². The molecule has 2 aromatic heterocycles. The summed E-state index contributed by atoms with van der Waals surface area (Å²) in [6.45, 7) is 0. The maximum absolute atomic E-state index is 13.4. The Morgan fingerprint density at radius 3 is 2.52 bits per heavy atom. The number of rotatable bonds is 4. The molecule has 0 aliphatic heterocycles. The van der Waals surface area contributed by atoms with Gasteiger partial charge in [0.25, 0.3) is 5.91 Å². The first kappa shape index (κ1) is 16.6. The Labute approximate surface area is 146 Å². The van der Waals surface area contributed by atoms with E-state index in [2.05, 4.69) is 15.6 Å². The number of anilines is 2. The molecule has 0 saturated heterocycles. The molecule has 0 bridgehead atoms. The minimum atomic E-state index is -0.790. The summed E-state index contributed by atoms with van der Waals surface area (Å²) in [6, 6.07) is 10.0. The number of carbonyl (C=O) groups is 2. The third-order valence-corrected chi connectivity index (χ3v) is 4.43. The summed E-state index contributed by atoms with van der Waals surface area (Å²) in [6.07, 6.45) is 3.09. The molecule has 0 radical (unpaired) electrons. The Morgan fingerprint density at radius 2 is 1.84 bits per heavy atom. The first-order chi connectivity index (χ1) is 12.0. The topological polar surface area (TPSA) is 97.1 Å². The quantitative estimate of drug-likeness (QED) is 0.665. The number of hydrogen-bond donors (Lipinski definition) is 3. The molecule has 0 spiro atoms. The van der Waals surface area contributed by atoms with Crippen molar-refractivity contribution in [2.75, 3.05) is 10.6 Å². The molecule has 0 aliphatic rings. The van der Waals surface area contributed by atoms with E-state index in [0.29, 0.717) is 16.1 Å². The lowest BCUT2D eigenvalue weighted by Gasteiger charge is -2.05. The number of aromatic nitrogens is 1. The number of amides is 3. The fourth-order valence-electron chi connectivity index (χ4n) is 2.19. The van der Waals surface area contributed by atoms with Crippen molar-refractivity contribution in [3.63, 3.8) is 0 Å². The molecule has 126 valence electrons. The number of pyridine rings is 1. The van der Waals surface area contributed by atoms with Crippen LogP contribution in [0.15, 0.2) is 54.9 Å². The van der Waals surface area contributed by atoms with Gasteiger partial charge in [0.2, 0.25) is 0 Å². The molecule has 8 heteroatoms. The van der Waals surface area contributed by atoms with Crippen LogP contribution in [0.3, 0.4) is 0 Å². The van der Waals surface area contributed by atoms with Gasteiger partial charge in [0.05, 0.1) is 5.69 Å². The predicted molar refractivity (Wildman–Crippen MR) is 95.1 cm³/mol. The van der Waals surface area contributed by atoms with Crippen LogP contribution in [-0.2, 0) is 0 Å². The lowest BCUT2D eigenvalue weighted by atomic mass is 10.2. The van der Waals surface area contributed by atoms with Gasteiger partial charge in [-0.05, 0) is 35.9 Å². The number of urea groups is 1. The number of primary amides is 1.